The van der Waals surface area contributed by atoms with Crippen LogP contribution in [0, 0.1) is 46.3 Å². The van der Waals surface area contributed by atoms with Crippen LogP contribution in [0.25, 0.3) is 0 Å². The Balaban J connectivity index is 1.39. The summed E-state index contributed by atoms with van der Waals surface area (Å²) in [6.45, 7) is 9.72. The Bertz CT molecular complexity index is 817. The summed E-state index contributed by atoms with van der Waals surface area (Å²) in [5, 5.41) is 10.2. The molecule has 4 rings (SSSR count). The van der Waals surface area contributed by atoms with Crippen LogP contribution in [0.1, 0.15) is 98.3 Å². The van der Waals surface area contributed by atoms with E-state index in [0.29, 0.717) is 16.6 Å². The molecule has 3 nitrogen and oxygen atoms in total. The lowest BCUT2D eigenvalue weighted by Crippen LogP contribution is -2.50. The first kappa shape index (κ1) is 24.8. The lowest BCUT2D eigenvalue weighted by molar-refractivity contribution is -0.0573. The van der Waals surface area contributed by atoms with Crippen LogP contribution in [-0.2, 0) is 9.84 Å². The van der Waals surface area contributed by atoms with Crippen molar-refractivity contribution in [1.29, 1.82) is 0 Å². The third kappa shape index (κ3) is 4.61. The van der Waals surface area contributed by atoms with Crippen molar-refractivity contribution in [2.45, 2.75) is 104 Å². The topological polar surface area (TPSA) is 54.4 Å². The highest BCUT2D eigenvalue weighted by molar-refractivity contribution is 7.90. The van der Waals surface area contributed by atoms with E-state index in [-0.39, 0.29) is 12.0 Å². The smallest absolute Gasteiger partial charge is 0.147 e. The SMILES string of the molecule is CC(CCC[C@@H](C)[C@H]1CC[C@H]2[C@@H]3CC=C4C[C@@H](O)CC[C@]4(C)[C@H]3CC[C@]12C)CS(C)(=O)=O. The molecule has 4 aliphatic rings. The van der Waals surface area contributed by atoms with E-state index in [1.54, 1.807) is 5.57 Å². The Morgan fingerprint density at radius 2 is 1.81 bits per heavy atom. The van der Waals surface area contributed by atoms with Gasteiger partial charge >= 0.3 is 0 Å². The third-order valence-electron chi connectivity index (χ3n) is 10.8. The summed E-state index contributed by atoms with van der Waals surface area (Å²) < 4.78 is 23.1. The van der Waals surface area contributed by atoms with Gasteiger partial charge in [-0.05, 0) is 104 Å². The number of rotatable bonds is 7. The fourth-order valence-electron chi connectivity index (χ4n) is 9.21. The molecule has 0 radical (unpaired) electrons. The summed E-state index contributed by atoms with van der Waals surface area (Å²) in [6.07, 6.45) is 17.1. The van der Waals surface area contributed by atoms with E-state index in [1.165, 1.54) is 51.2 Å². The quantitative estimate of drug-likeness (QED) is 0.443. The van der Waals surface area contributed by atoms with Crippen LogP contribution >= 0.6 is 0 Å². The number of allylic oxidation sites excluding steroid dienone is 1. The first-order chi connectivity index (χ1) is 14.9. The van der Waals surface area contributed by atoms with Crippen LogP contribution in [0.4, 0.5) is 0 Å². The van der Waals surface area contributed by atoms with E-state index in [2.05, 4.69) is 33.8 Å². The summed E-state index contributed by atoms with van der Waals surface area (Å²) in [6, 6.07) is 0. The number of aliphatic hydroxyl groups excluding tert-OH is 1. The first-order valence-corrected chi connectivity index (χ1v) is 15.6. The number of aliphatic hydroxyl groups is 1. The Hall–Kier alpha value is -0.350. The molecular formula is C28H48O3S. The van der Waals surface area contributed by atoms with Crippen molar-refractivity contribution in [3.05, 3.63) is 11.6 Å². The summed E-state index contributed by atoms with van der Waals surface area (Å²) in [5.41, 5.74) is 2.39. The fourth-order valence-corrected chi connectivity index (χ4v) is 10.4. The monoisotopic (exact) mass is 464 g/mol. The number of fused-ring (bicyclic) bond motifs is 5. The van der Waals surface area contributed by atoms with Crippen LogP contribution in [0.2, 0.25) is 0 Å². The van der Waals surface area contributed by atoms with Gasteiger partial charge in [0.25, 0.3) is 0 Å². The maximum Gasteiger partial charge on any atom is 0.147 e. The number of hydrogen-bond acceptors (Lipinski definition) is 3. The molecule has 0 aromatic heterocycles. The van der Waals surface area contributed by atoms with Gasteiger partial charge in [0, 0.05) is 6.26 Å². The maximum atomic E-state index is 11.6. The highest BCUT2D eigenvalue weighted by Gasteiger charge is 2.59. The minimum Gasteiger partial charge on any atom is -0.393 e. The molecule has 0 aromatic carbocycles. The molecule has 1 unspecified atom stereocenters. The summed E-state index contributed by atoms with van der Waals surface area (Å²) >= 11 is 0. The normalized spacial score (nSPS) is 43.6. The molecule has 0 amide bonds. The molecule has 0 aromatic rings. The van der Waals surface area contributed by atoms with E-state index < -0.39 is 9.84 Å². The highest BCUT2D eigenvalue weighted by Crippen LogP contribution is 2.67. The van der Waals surface area contributed by atoms with Gasteiger partial charge in [0.1, 0.15) is 9.84 Å². The molecule has 32 heavy (non-hydrogen) atoms. The van der Waals surface area contributed by atoms with Crippen LogP contribution in [0.15, 0.2) is 11.6 Å². The third-order valence-corrected chi connectivity index (χ3v) is 12.0. The summed E-state index contributed by atoms with van der Waals surface area (Å²) in [7, 11) is -2.86. The molecule has 0 heterocycles. The van der Waals surface area contributed by atoms with Crippen molar-refractivity contribution in [2.24, 2.45) is 46.3 Å². The van der Waals surface area contributed by atoms with Crippen molar-refractivity contribution < 1.29 is 13.5 Å². The minimum atomic E-state index is -2.86. The molecule has 0 spiro atoms. The van der Waals surface area contributed by atoms with E-state index in [9.17, 15) is 13.5 Å². The van der Waals surface area contributed by atoms with Gasteiger partial charge in [0.15, 0.2) is 0 Å². The lowest BCUT2D eigenvalue weighted by Gasteiger charge is -2.58. The van der Waals surface area contributed by atoms with Crippen molar-refractivity contribution in [1.82, 2.24) is 0 Å². The van der Waals surface area contributed by atoms with E-state index in [1.807, 2.05) is 0 Å². The largest absolute Gasteiger partial charge is 0.393 e. The van der Waals surface area contributed by atoms with Crippen LogP contribution in [0.5, 0.6) is 0 Å². The molecule has 0 bridgehead atoms. The minimum absolute atomic E-state index is 0.114. The molecular weight excluding hydrogens is 416 g/mol. The van der Waals surface area contributed by atoms with Crippen LogP contribution in [0.3, 0.4) is 0 Å². The predicted molar refractivity (Wildman–Crippen MR) is 133 cm³/mol. The summed E-state index contributed by atoms with van der Waals surface area (Å²) in [5.74, 6) is 4.69. The van der Waals surface area contributed by atoms with Crippen molar-refractivity contribution in [3.63, 3.8) is 0 Å². The maximum absolute atomic E-state index is 11.6. The van der Waals surface area contributed by atoms with Gasteiger partial charge in [0.2, 0.25) is 0 Å². The number of sulfone groups is 1. The van der Waals surface area contributed by atoms with Crippen molar-refractivity contribution >= 4 is 9.84 Å². The Morgan fingerprint density at radius 3 is 2.53 bits per heavy atom. The van der Waals surface area contributed by atoms with Gasteiger partial charge in [-0.3, -0.25) is 0 Å². The fraction of sp³-hybridized carbons (Fsp3) is 0.929. The van der Waals surface area contributed by atoms with Gasteiger partial charge in [-0.2, -0.15) is 0 Å². The van der Waals surface area contributed by atoms with Gasteiger partial charge < -0.3 is 5.11 Å². The zero-order valence-electron chi connectivity index (χ0n) is 21.3. The molecule has 9 atom stereocenters. The summed E-state index contributed by atoms with van der Waals surface area (Å²) in [4.78, 5) is 0. The van der Waals surface area contributed by atoms with Gasteiger partial charge in [-0.25, -0.2) is 8.42 Å². The molecule has 1 N–H and O–H groups in total. The highest BCUT2D eigenvalue weighted by atomic mass is 32.2. The van der Waals surface area contributed by atoms with E-state index in [4.69, 9.17) is 0 Å². The molecule has 0 aliphatic heterocycles. The van der Waals surface area contributed by atoms with E-state index in [0.717, 1.165) is 55.3 Å². The molecule has 4 aliphatic carbocycles. The zero-order valence-corrected chi connectivity index (χ0v) is 22.1. The number of hydrogen-bond donors (Lipinski definition) is 1. The van der Waals surface area contributed by atoms with Crippen LogP contribution in [-0.4, -0.2) is 31.6 Å². The van der Waals surface area contributed by atoms with Crippen molar-refractivity contribution in [2.75, 3.05) is 12.0 Å². The van der Waals surface area contributed by atoms with Gasteiger partial charge in [-0.15, -0.1) is 0 Å². The Kier molecular flexibility index (Phi) is 6.98. The van der Waals surface area contributed by atoms with Crippen molar-refractivity contribution in [3.8, 4) is 0 Å². The molecule has 3 fully saturated rings. The van der Waals surface area contributed by atoms with Gasteiger partial charge in [-0.1, -0.05) is 52.2 Å². The standard InChI is InChI=1S/C28H48O3S/c1-19(18-32(5,30)31)7-6-8-20(2)24-11-12-25-23-10-9-21-17-22(29)13-15-27(21,3)26(23)14-16-28(24,25)4/h9,19-20,22-26,29H,6-8,10-18H2,1-5H3/t19?,20-,22+,23+,24-,25+,26+,27+,28-/m1/s1. The average molecular weight is 465 g/mol. The Morgan fingerprint density at radius 1 is 1.06 bits per heavy atom. The second-order valence-corrected chi connectivity index (χ2v) is 15.2. The van der Waals surface area contributed by atoms with E-state index >= 15 is 0 Å². The average Bonchev–Trinajstić information content (AvgIpc) is 3.04. The second-order valence-electron chi connectivity index (χ2n) is 13.0. The predicted octanol–water partition coefficient (Wildman–Crippen LogP) is 6.41. The van der Waals surface area contributed by atoms with Crippen LogP contribution < -0.4 is 0 Å². The zero-order chi connectivity index (χ0) is 23.3. The molecule has 4 heteroatoms. The lowest BCUT2D eigenvalue weighted by atomic mass is 9.47. The molecule has 0 saturated heterocycles. The Labute approximate surface area is 197 Å². The van der Waals surface area contributed by atoms with Gasteiger partial charge in [0.05, 0.1) is 11.9 Å². The second kappa shape index (κ2) is 9.02. The molecule has 3 saturated carbocycles. The first-order valence-electron chi connectivity index (χ1n) is 13.5. The molecule has 184 valence electrons.